The Labute approximate surface area is 185 Å². The number of aromatic nitrogens is 4. The van der Waals surface area contributed by atoms with Crippen LogP contribution in [0.15, 0.2) is 30.5 Å². The van der Waals surface area contributed by atoms with Gasteiger partial charge in [0.05, 0.1) is 11.0 Å². The third-order valence-electron chi connectivity index (χ3n) is 6.12. The molecule has 0 spiro atoms. The van der Waals surface area contributed by atoms with Gasteiger partial charge in [-0.2, -0.15) is 0 Å². The molecule has 3 aromatic heterocycles. The topological polar surface area (TPSA) is 81.7 Å². The zero-order valence-corrected chi connectivity index (χ0v) is 18.5. The van der Waals surface area contributed by atoms with Crippen LogP contribution in [0.4, 0.5) is 0 Å². The third kappa shape index (κ3) is 3.39. The molecule has 0 atom stereocenters. The van der Waals surface area contributed by atoms with Crippen molar-refractivity contribution in [2.45, 2.75) is 52.5 Å². The molecule has 1 fully saturated rings. The zero-order valence-electron chi connectivity index (χ0n) is 18.5. The van der Waals surface area contributed by atoms with E-state index < -0.39 is 0 Å². The van der Waals surface area contributed by atoms with E-state index in [4.69, 9.17) is 14.7 Å². The van der Waals surface area contributed by atoms with Crippen molar-refractivity contribution in [3.05, 3.63) is 36.3 Å². The second kappa shape index (κ2) is 8.26. The third-order valence-corrected chi connectivity index (χ3v) is 6.12. The van der Waals surface area contributed by atoms with Crippen molar-refractivity contribution in [2.75, 3.05) is 13.1 Å². The molecule has 1 amide bonds. The van der Waals surface area contributed by atoms with Gasteiger partial charge in [0.15, 0.2) is 11.4 Å². The number of para-hydroxylation sites is 2. The number of amides is 1. The summed E-state index contributed by atoms with van der Waals surface area (Å²) < 4.78 is 9.81. The molecule has 0 aliphatic carbocycles. The highest BCUT2D eigenvalue weighted by Crippen LogP contribution is 2.34. The van der Waals surface area contributed by atoms with E-state index in [0.29, 0.717) is 18.7 Å². The minimum atomic E-state index is -0.291. The molecule has 0 N–H and O–H groups in total. The Morgan fingerprint density at radius 3 is 2.72 bits per heavy atom. The van der Waals surface area contributed by atoms with E-state index in [9.17, 15) is 9.59 Å². The van der Waals surface area contributed by atoms with E-state index >= 15 is 0 Å². The minimum absolute atomic E-state index is 0.233. The molecule has 5 rings (SSSR count). The van der Waals surface area contributed by atoms with Gasteiger partial charge in [0.2, 0.25) is 5.91 Å². The van der Waals surface area contributed by atoms with E-state index in [1.54, 1.807) is 6.92 Å². The molecule has 32 heavy (non-hydrogen) atoms. The Balaban J connectivity index is 1.63. The predicted octanol–water partition coefficient (Wildman–Crippen LogP) is 3.73. The van der Waals surface area contributed by atoms with Gasteiger partial charge in [0.1, 0.15) is 16.9 Å². The number of fused-ring (bicyclic) bond motifs is 5. The molecule has 0 unspecified atom stereocenters. The van der Waals surface area contributed by atoms with E-state index in [1.807, 2.05) is 39.9 Å². The number of rotatable bonds is 7. The van der Waals surface area contributed by atoms with E-state index in [0.717, 1.165) is 65.9 Å². The number of benzene rings is 1. The quantitative estimate of drug-likeness (QED) is 0.415. The van der Waals surface area contributed by atoms with Crippen molar-refractivity contribution in [1.82, 2.24) is 23.8 Å². The predicted molar refractivity (Wildman–Crippen MR) is 122 cm³/mol. The lowest BCUT2D eigenvalue weighted by Gasteiger charge is -2.15. The largest absolute Gasteiger partial charge is 0.424 e. The number of carbonyl (C=O) groups is 2. The Hall–Kier alpha value is -3.42. The Bertz CT molecular complexity index is 1340. The highest BCUT2D eigenvalue weighted by molar-refractivity contribution is 6.00. The van der Waals surface area contributed by atoms with Gasteiger partial charge in [-0.05, 0) is 25.0 Å². The molecule has 4 aromatic rings. The van der Waals surface area contributed by atoms with Crippen LogP contribution in [-0.2, 0) is 22.6 Å². The molecule has 8 nitrogen and oxygen atoms in total. The van der Waals surface area contributed by atoms with Crippen LogP contribution in [0.5, 0.6) is 5.75 Å². The van der Waals surface area contributed by atoms with Gasteiger partial charge >= 0.3 is 5.97 Å². The summed E-state index contributed by atoms with van der Waals surface area (Å²) in [6.07, 6.45) is 5.28. The highest BCUT2D eigenvalue weighted by Gasteiger charge is 2.23. The fourth-order valence-electron chi connectivity index (χ4n) is 4.53. The molecule has 1 aromatic carbocycles. The first-order valence-corrected chi connectivity index (χ1v) is 11.4. The SMILES string of the molecule is CCC(=O)Oc1cn(CCCN2CCCC2=O)c2nc(CC)n3c4ccccc4nc3c12. The van der Waals surface area contributed by atoms with Crippen LogP contribution >= 0.6 is 0 Å². The van der Waals surface area contributed by atoms with Gasteiger partial charge in [-0.1, -0.05) is 26.0 Å². The average Bonchev–Trinajstić information content (AvgIpc) is 3.48. The molecule has 0 saturated carbocycles. The first-order chi connectivity index (χ1) is 15.6. The Morgan fingerprint density at radius 1 is 1.12 bits per heavy atom. The monoisotopic (exact) mass is 433 g/mol. The van der Waals surface area contributed by atoms with Gasteiger partial charge in [0.25, 0.3) is 0 Å². The van der Waals surface area contributed by atoms with Crippen LogP contribution in [0, 0.1) is 0 Å². The van der Waals surface area contributed by atoms with Crippen LogP contribution < -0.4 is 4.74 Å². The normalized spacial score (nSPS) is 14.3. The molecule has 8 heteroatoms. The number of hydrogen-bond donors (Lipinski definition) is 0. The smallest absolute Gasteiger partial charge is 0.310 e. The molecule has 166 valence electrons. The number of carbonyl (C=O) groups excluding carboxylic acids is 2. The first kappa shape index (κ1) is 20.5. The lowest BCUT2D eigenvalue weighted by molar-refractivity contribution is -0.134. The zero-order chi connectivity index (χ0) is 22.2. The van der Waals surface area contributed by atoms with Gasteiger partial charge in [-0.25, -0.2) is 9.97 Å². The molecule has 1 aliphatic rings. The second-order valence-corrected chi connectivity index (χ2v) is 8.19. The van der Waals surface area contributed by atoms with Crippen LogP contribution in [0.1, 0.15) is 45.4 Å². The molecular formula is C24H27N5O3. The molecule has 0 radical (unpaired) electrons. The summed E-state index contributed by atoms with van der Waals surface area (Å²) in [6.45, 7) is 6.09. The Kier molecular flexibility index (Phi) is 5.28. The summed E-state index contributed by atoms with van der Waals surface area (Å²) in [6, 6.07) is 7.97. The lowest BCUT2D eigenvalue weighted by atomic mass is 10.3. The fourth-order valence-corrected chi connectivity index (χ4v) is 4.53. The maximum atomic E-state index is 12.2. The minimum Gasteiger partial charge on any atom is -0.424 e. The van der Waals surface area contributed by atoms with Gasteiger partial charge in [-0.3, -0.25) is 14.0 Å². The van der Waals surface area contributed by atoms with Crippen molar-refractivity contribution < 1.29 is 14.3 Å². The number of esters is 1. The van der Waals surface area contributed by atoms with Gasteiger partial charge in [-0.15, -0.1) is 0 Å². The van der Waals surface area contributed by atoms with Crippen LogP contribution in [0.3, 0.4) is 0 Å². The number of aryl methyl sites for hydroxylation is 2. The van der Waals surface area contributed by atoms with Crippen LogP contribution in [0.2, 0.25) is 0 Å². The number of nitrogens with zero attached hydrogens (tertiary/aromatic N) is 5. The first-order valence-electron chi connectivity index (χ1n) is 11.4. The standard InChI is InChI=1S/C24H27N5O3/c1-3-19-26-23-22(24-25-16-9-5-6-10-17(16)29(19)24)18(32-21(31)4-2)15-28(23)14-8-13-27-12-7-11-20(27)30/h5-6,9-10,15H,3-4,7-8,11-14H2,1-2H3. The summed E-state index contributed by atoms with van der Waals surface area (Å²) in [5.74, 6) is 1.33. The van der Waals surface area contributed by atoms with E-state index in [1.165, 1.54) is 0 Å². The van der Waals surface area contributed by atoms with Crippen LogP contribution in [-0.4, -0.2) is 48.8 Å². The number of hydrogen-bond acceptors (Lipinski definition) is 5. The summed E-state index contributed by atoms with van der Waals surface area (Å²) in [5, 5.41) is 0.748. The van der Waals surface area contributed by atoms with E-state index in [2.05, 4.69) is 11.3 Å². The fraction of sp³-hybridized carbons (Fsp3) is 0.417. The maximum absolute atomic E-state index is 12.2. The lowest BCUT2D eigenvalue weighted by Crippen LogP contribution is -2.26. The van der Waals surface area contributed by atoms with Crippen molar-refractivity contribution in [3.8, 4) is 5.75 Å². The van der Waals surface area contributed by atoms with Crippen molar-refractivity contribution in [3.63, 3.8) is 0 Å². The summed E-state index contributed by atoms with van der Waals surface area (Å²) >= 11 is 0. The van der Waals surface area contributed by atoms with Crippen molar-refractivity contribution in [2.24, 2.45) is 0 Å². The number of ether oxygens (including phenoxy) is 1. The molecule has 0 bridgehead atoms. The molecule has 4 heterocycles. The highest BCUT2D eigenvalue weighted by atomic mass is 16.5. The number of imidazole rings is 1. The summed E-state index contributed by atoms with van der Waals surface area (Å²) in [4.78, 5) is 35.9. The van der Waals surface area contributed by atoms with Crippen molar-refractivity contribution in [1.29, 1.82) is 0 Å². The van der Waals surface area contributed by atoms with Gasteiger partial charge in [0, 0.05) is 45.1 Å². The molecule has 1 aliphatic heterocycles. The maximum Gasteiger partial charge on any atom is 0.310 e. The Morgan fingerprint density at radius 2 is 1.97 bits per heavy atom. The van der Waals surface area contributed by atoms with Crippen LogP contribution in [0.25, 0.3) is 27.7 Å². The average molecular weight is 434 g/mol. The van der Waals surface area contributed by atoms with Crippen molar-refractivity contribution >= 4 is 39.6 Å². The summed E-state index contributed by atoms with van der Waals surface area (Å²) in [7, 11) is 0. The van der Waals surface area contributed by atoms with Gasteiger partial charge < -0.3 is 14.2 Å². The molecular weight excluding hydrogens is 406 g/mol. The molecule has 1 saturated heterocycles. The summed E-state index contributed by atoms with van der Waals surface area (Å²) in [5.41, 5.74) is 3.38. The second-order valence-electron chi connectivity index (χ2n) is 8.19. The van der Waals surface area contributed by atoms with E-state index in [-0.39, 0.29) is 18.3 Å². The number of likely N-dealkylation sites (tertiary alicyclic amines) is 1.